The minimum absolute atomic E-state index is 0.256. The molecule has 1 atom stereocenters. The monoisotopic (exact) mass is 301 g/mol. The third kappa shape index (κ3) is 3.96. The van der Waals surface area contributed by atoms with Gasteiger partial charge in [-0.1, -0.05) is 12.1 Å². The van der Waals surface area contributed by atoms with Crippen LogP contribution in [0.1, 0.15) is 16.9 Å². The number of halogens is 1. The fourth-order valence-corrected chi connectivity index (χ4v) is 3.34. The van der Waals surface area contributed by atoms with E-state index in [0.29, 0.717) is 5.56 Å². The van der Waals surface area contributed by atoms with E-state index in [4.69, 9.17) is 0 Å². The normalized spacial score (nSPS) is 13.4. The molecule has 0 saturated carbocycles. The molecule has 2 aromatic rings. The number of rotatable bonds is 5. The van der Waals surface area contributed by atoms with E-state index < -0.39 is 13.4 Å². The van der Waals surface area contributed by atoms with Gasteiger partial charge < -0.3 is 9.79 Å². The SMILES string of the molecule is O=P(O)(O)C(NCc1ccc(F)cc1)c1ccsc1. The zero-order valence-electron chi connectivity index (χ0n) is 9.86. The molecular weight excluding hydrogens is 288 g/mol. The molecule has 2 rings (SSSR count). The van der Waals surface area contributed by atoms with Crippen LogP contribution in [-0.4, -0.2) is 9.79 Å². The molecule has 0 spiro atoms. The summed E-state index contributed by atoms with van der Waals surface area (Å²) in [6.45, 7) is 0.256. The van der Waals surface area contributed by atoms with E-state index in [1.807, 2.05) is 0 Å². The highest BCUT2D eigenvalue weighted by Gasteiger charge is 2.30. The highest BCUT2D eigenvalue weighted by atomic mass is 32.1. The van der Waals surface area contributed by atoms with Crippen molar-refractivity contribution in [3.8, 4) is 0 Å². The number of benzene rings is 1. The molecule has 0 aliphatic heterocycles. The molecule has 0 radical (unpaired) electrons. The minimum Gasteiger partial charge on any atom is -0.323 e. The second-order valence-electron chi connectivity index (χ2n) is 4.06. The van der Waals surface area contributed by atoms with E-state index in [1.165, 1.54) is 23.5 Å². The molecule has 102 valence electrons. The highest BCUT2D eigenvalue weighted by Crippen LogP contribution is 2.50. The minimum atomic E-state index is -4.29. The molecule has 1 heterocycles. The number of hydrogen-bond acceptors (Lipinski definition) is 3. The third-order valence-electron chi connectivity index (χ3n) is 2.61. The average Bonchev–Trinajstić information content (AvgIpc) is 2.83. The summed E-state index contributed by atoms with van der Waals surface area (Å²) in [5.74, 6) is -1.38. The maximum Gasteiger partial charge on any atom is 0.346 e. The smallest absolute Gasteiger partial charge is 0.323 e. The van der Waals surface area contributed by atoms with Crippen molar-refractivity contribution in [3.63, 3.8) is 0 Å². The number of hydrogen-bond donors (Lipinski definition) is 3. The van der Waals surface area contributed by atoms with Crippen LogP contribution in [0.5, 0.6) is 0 Å². The Hall–Kier alpha value is -1.04. The molecule has 0 bridgehead atoms. The molecular formula is C12H13FNO3PS. The summed E-state index contributed by atoms with van der Waals surface area (Å²) in [5.41, 5.74) is 1.32. The van der Waals surface area contributed by atoms with Crippen LogP contribution >= 0.6 is 18.9 Å². The third-order valence-corrected chi connectivity index (χ3v) is 4.46. The summed E-state index contributed by atoms with van der Waals surface area (Å²) < 4.78 is 24.2. The number of nitrogens with one attached hydrogen (secondary N) is 1. The van der Waals surface area contributed by atoms with E-state index in [9.17, 15) is 18.7 Å². The molecule has 1 aromatic heterocycles. The van der Waals surface area contributed by atoms with Gasteiger partial charge in [0, 0.05) is 6.54 Å². The molecule has 0 saturated heterocycles. The second-order valence-corrected chi connectivity index (χ2v) is 6.53. The van der Waals surface area contributed by atoms with Gasteiger partial charge in [0.25, 0.3) is 0 Å². The zero-order valence-corrected chi connectivity index (χ0v) is 11.6. The van der Waals surface area contributed by atoms with Crippen molar-refractivity contribution in [3.05, 3.63) is 58.0 Å². The Morgan fingerprint density at radius 2 is 1.95 bits per heavy atom. The van der Waals surface area contributed by atoms with Crippen molar-refractivity contribution in [2.75, 3.05) is 0 Å². The topological polar surface area (TPSA) is 69.6 Å². The molecule has 19 heavy (non-hydrogen) atoms. The lowest BCUT2D eigenvalue weighted by Crippen LogP contribution is -2.20. The van der Waals surface area contributed by atoms with Crippen LogP contribution in [0.2, 0.25) is 0 Å². The standard InChI is InChI=1S/C12H13FNO3PS/c13-11-3-1-9(2-4-11)7-14-12(18(15,16)17)10-5-6-19-8-10/h1-6,8,12,14H,7H2,(H2,15,16,17). The van der Waals surface area contributed by atoms with Crippen LogP contribution in [0.4, 0.5) is 4.39 Å². The molecule has 0 aliphatic carbocycles. The molecule has 4 nitrogen and oxygen atoms in total. The molecule has 0 amide bonds. The van der Waals surface area contributed by atoms with Gasteiger partial charge in [0.2, 0.25) is 0 Å². The molecule has 0 aliphatic rings. The Bertz CT molecular complexity index is 567. The van der Waals surface area contributed by atoms with Crippen LogP contribution in [0.15, 0.2) is 41.1 Å². The molecule has 0 fully saturated rings. The van der Waals surface area contributed by atoms with Gasteiger partial charge in [-0.3, -0.25) is 9.88 Å². The van der Waals surface area contributed by atoms with Crippen molar-refractivity contribution in [1.29, 1.82) is 0 Å². The number of thiophene rings is 1. The molecule has 1 unspecified atom stereocenters. The fraction of sp³-hybridized carbons (Fsp3) is 0.167. The first-order chi connectivity index (χ1) is 8.97. The summed E-state index contributed by atoms with van der Waals surface area (Å²) in [7, 11) is -4.29. The van der Waals surface area contributed by atoms with Gasteiger partial charge in [0.1, 0.15) is 11.6 Å². The Kier molecular flexibility index (Phi) is 4.50. The van der Waals surface area contributed by atoms with Gasteiger partial charge in [0.05, 0.1) is 0 Å². The van der Waals surface area contributed by atoms with Gasteiger partial charge in [-0.25, -0.2) is 4.39 Å². The average molecular weight is 301 g/mol. The van der Waals surface area contributed by atoms with Gasteiger partial charge >= 0.3 is 7.60 Å². The van der Waals surface area contributed by atoms with Crippen molar-refractivity contribution >= 4 is 18.9 Å². The Morgan fingerprint density at radius 1 is 1.26 bits per heavy atom. The summed E-state index contributed by atoms with van der Waals surface area (Å²) in [5, 5.41) is 6.28. The van der Waals surface area contributed by atoms with Crippen LogP contribution in [-0.2, 0) is 11.1 Å². The summed E-state index contributed by atoms with van der Waals surface area (Å²) in [6.07, 6.45) is 0. The van der Waals surface area contributed by atoms with Gasteiger partial charge in [-0.15, -0.1) is 0 Å². The van der Waals surface area contributed by atoms with Gasteiger partial charge in [-0.2, -0.15) is 11.3 Å². The van der Waals surface area contributed by atoms with E-state index in [0.717, 1.165) is 5.56 Å². The van der Waals surface area contributed by atoms with Crippen LogP contribution in [0.25, 0.3) is 0 Å². The van der Waals surface area contributed by atoms with E-state index >= 15 is 0 Å². The molecule has 7 heteroatoms. The lowest BCUT2D eigenvalue weighted by molar-refractivity contribution is 0.347. The first-order valence-corrected chi connectivity index (χ1v) is 8.14. The van der Waals surface area contributed by atoms with Crippen LogP contribution in [0, 0.1) is 5.82 Å². The highest BCUT2D eigenvalue weighted by molar-refractivity contribution is 7.52. The zero-order chi connectivity index (χ0) is 13.9. The van der Waals surface area contributed by atoms with Crippen molar-refractivity contribution < 1.29 is 18.7 Å². The maximum absolute atomic E-state index is 12.8. The van der Waals surface area contributed by atoms with Crippen molar-refractivity contribution in [2.24, 2.45) is 0 Å². The largest absolute Gasteiger partial charge is 0.346 e. The predicted molar refractivity (Wildman–Crippen MR) is 72.3 cm³/mol. The fourth-order valence-electron chi connectivity index (χ4n) is 1.68. The summed E-state index contributed by atoms with van der Waals surface area (Å²) in [4.78, 5) is 18.7. The van der Waals surface area contributed by atoms with Crippen molar-refractivity contribution in [1.82, 2.24) is 5.32 Å². The van der Waals surface area contributed by atoms with Crippen LogP contribution in [0.3, 0.4) is 0 Å². The van der Waals surface area contributed by atoms with E-state index in [2.05, 4.69) is 5.32 Å². The first kappa shape index (κ1) is 14.4. The lowest BCUT2D eigenvalue weighted by atomic mass is 10.2. The Morgan fingerprint density at radius 3 is 2.47 bits per heavy atom. The second kappa shape index (κ2) is 5.94. The van der Waals surface area contributed by atoms with Gasteiger partial charge in [0.15, 0.2) is 0 Å². The van der Waals surface area contributed by atoms with E-state index in [-0.39, 0.29) is 12.4 Å². The predicted octanol–water partition coefficient (Wildman–Crippen LogP) is 2.85. The maximum atomic E-state index is 12.8. The van der Waals surface area contributed by atoms with Crippen molar-refractivity contribution in [2.45, 2.75) is 12.3 Å². The van der Waals surface area contributed by atoms with E-state index in [1.54, 1.807) is 29.0 Å². The summed E-state index contributed by atoms with van der Waals surface area (Å²) >= 11 is 1.37. The Labute approximate surface area is 114 Å². The quantitative estimate of drug-likeness (QED) is 0.743. The molecule has 3 N–H and O–H groups in total. The van der Waals surface area contributed by atoms with Crippen LogP contribution < -0.4 is 5.32 Å². The van der Waals surface area contributed by atoms with Gasteiger partial charge in [-0.05, 0) is 40.1 Å². The first-order valence-electron chi connectivity index (χ1n) is 5.52. The Balaban J connectivity index is 2.10. The summed E-state index contributed by atoms with van der Waals surface area (Å²) in [6, 6.07) is 7.45. The lowest BCUT2D eigenvalue weighted by Gasteiger charge is -2.19. The molecule has 1 aromatic carbocycles.